The Labute approximate surface area is 190 Å². The van der Waals surface area contributed by atoms with Gasteiger partial charge in [-0.3, -0.25) is 9.59 Å². The highest BCUT2D eigenvalue weighted by molar-refractivity contribution is 6.00. The Morgan fingerprint density at radius 3 is 2.48 bits per heavy atom. The van der Waals surface area contributed by atoms with Crippen LogP contribution in [0.2, 0.25) is 0 Å². The summed E-state index contributed by atoms with van der Waals surface area (Å²) in [5.41, 5.74) is 3.05. The van der Waals surface area contributed by atoms with Crippen molar-refractivity contribution in [3.8, 4) is 5.75 Å². The first-order valence-corrected chi connectivity index (χ1v) is 10.6. The summed E-state index contributed by atoms with van der Waals surface area (Å²) in [5, 5.41) is 2.41. The number of carbonyl (C=O) groups excluding carboxylic acids is 3. The van der Waals surface area contributed by atoms with E-state index < -0.39 is 30.9 Å². The number of fused-ring (bicyclic) bond motifs is 1. The van der Waals surface area contributed by atoms with Gasteiger partial charge in [0, 0.05) is 5.56 Å². The Morgan fingerprint density at radius 2 is 1.64 bits per heavy atom. The van der Waals surface area contributed by atoms with Crippen LogP contribution in [-0.4, -0.2) is 30.9 Å². The van der Waals surface area contributed by atoms with E-state index in [1.807, 2.05) is 12.1 Å². The molecule has 0 heterocycles. The van der Waals surface area contributed by atoms with Gasteiger partial charge in [0.1, 0.15) is 17.1 Å². The van der Waals surface area contributed by atoms with Crippen LogP contribution in [0.25, 0.3) is 0 Å². The Bertz CT molecular complexity index is 1210. The number of carbonyl (C=O) groups is 3. The van der Waals surface area contributed by atoms with Crippen LogP contribution in [0.1, 0.15) is 38.3 Å². The first-order chi connectivity index (χ1) is 16.0. The number of anilines is 1. The minimum absolute atomic E-state index is 0.0314. The SMILES string of the molecule is O=C(COc1ccccc1C(=O)OCC(=O)c1ccc2c(c1)CCC2)Nc1ccccc1F. The highest BCUT2D eigenvalue weighted by Crippen LogP contribution is 2.23. The molecule has 4 rings (SSSR count). The lowest BCUT2D eigenvalue weighted by molar-refractivity contribution is -0.118. The molecule has 1 aliphatic rings. The number of Topliss-reactive ketones (excluding diaryl/α,β-unsaturated/α-hetero) is 1. The van der Waals surface area contributed by atoms with Crippen molar-refractivity contribution in [3.05, 3.63) is 94.8 Å². The summed E-state index contributed by atoms with van der Waals surface area (Å²) in [5.74, 6) is -2.07. The van der Waals surface area contributed by atoms with Gasteiger partial charge < -0.3 is 14.8 Å². The van der Waals surface area contributed by atoms with Gasteiger partial charge in [-0.2, -0.15) is 0 Å². The third kappa shape index (κ3) is 5.44. The number of rotatable bonds is 8. The Balaban J connectivity index is 1.34. The molecular weight excluding hydrogens is 425 g/mol. The van der Waals surface area contributed by atoms with Gasteiger partial charge in [0.2, 0.25) is 0 Å². The predicted molar refractivity (Wildman–Crippen MR) is 120 cm³/mol. The summed E-state index contributed by atoms with van der Waals surface area (Å²) in [6.45, 7) is -0.841. The molecule has 0 saturated carbocycles. The van der Waals surface area contributed by atoms with Crippen LogP contribution in [0.4, 0.5) is 10.1 Å². The van der Waals surface area contributed by atoms with Crippen molar-refractivity contribution in [2.45, 2.75) is 19.3 Å². The lowest BCUT2D eigenvalue weighted by Crippen LogP contribution is -2.22. The van der Waals surface area contributed by atoms with Gasteiger partial charge in [0.25, 0.3) is 5.91 Å². The lowest BCUT2D eigenvalue weighted by Gasteiger charge is -2.12. The topological polar surface area (TPSA) is 81.7 Å². The summed E-state index contributed by atoms with van der Waals surface area (Å²) >= 11 is 0. The lowest BCUT2D eigenvalue weighted by atomic mass is 10.0. The van der Waals surface area contributed by atoms with Gasteiger partial charge >= 0.3 is 5.97 Å². The van der Waals surface area contributed by atoms with E-state index in [9.17, 15) is 18.8 Å². The van der Waals surface area contributed by atoms with E-state index in [-0.39, 0.29) is 22.8 Å². The van der Waals surface area contributed by atoms with Gasteiger partial charge in [0.15, 0.2) is 19.0 Å². The van der Waals surface area contributed by atoms with Crippen molar-refractivity contribution in [1.82, 2.24) is 0 Å². The number of esters is 1. The van der Waals surface area contributed by atoms with Crippen LogP contribution in [0.3, 0.4) is 0 Å². The molecule has 7 heteroatoms. The molecular formula is C26H22FNO5. The zero-order chi connectivity index (χ0) is 23.2. The van der Waals surface area contributed by atoms with Crippen LogP contribution in [-0.2, 0) is 22.4 Å². The van der Waals surface area contributed by atoms with Crippen molar-refractivity contribution in [3.63, 3.8) is 0 Å². The fourth-order valence-electron chi connectivity index (χ4n) is 3.69. The van der Waals surface area contributed by atoms with Gasteiger partial charge in [-0.05, 0) is 60.7 Å². The van der Waals surface area contributed by atoms with Gasteiger partial charge in [-0.1, -0.05) is 36.4 Å². The molecule has 1 amide bonds. The molecule has 0 aliphatic heterocycles. The fraction of sp³-hybridized carbons (Fsp3) is 0.192. The van der Waals surface area contributed by atoms with Crippen LogP contribution in [0.15, 0.2) is 66.7 Å². The van der Waals surface area contributed by atoms with Crippen molar-refractivity contribution < 1.29 is 28.2 Å². The molecule has 0 spiro atoms. The van der Waals surface area contributed by atoms with E-state index in [4.69, 9.17) is 9.47 Å². The number of amides is 1. The number of aryl methyl sites for hydroxylation is 2. The maximum Gasteiger partial charge on any atom is 0.342 e. The number of ether oxygens (including phenoxy) is 2. The molecule has 33 heavy (non-hydrogen) atoms. The number of benzene rings is 3. The minimum atomic E-state index is -0.741. The van der Waals surface area contributed by atoms with Crippen molar-refractivity contribution in [2.75, 3.05) is 18.5 Å². The standard InChI is InChI=1S/C26H22FNO5/c27-21-9-2-3-10-22(21)28-25(30)16-32-24-11-4-1-8-20(24)26(31)33-15-23(29)19-13-12-17-6-5-7-18(17)14-19/h1-4,8-14H,5-7,15-16H2,(H,28,30). The number of ketones is 1. The van der Waals surface area contributed by atoms with E-state index in [0.717, 1.165) is 19.3 Å². The summed E-state index contributed by atoms with van der Waals surface area (Å²) in [6.07, 6.45) is 3.05. The average Bonchev–Trinajstić information content (AvgIpc) is 3.30. The highest BCUT2D eigenvalue weighted by Gasteiger charge is 2.18. The second-order valence-electron chi connectivity index (χ2n) is 7.65. The summed E-state index contributed by atoms with van der Waals surface area (Å²) < 4.78 is 24.3. The van der Waals surface area contributed by atoms with E-state index in [1.165, 1.54) is 41.5 Å². The number of hydrogen-bond acceptors (Lipinski definition) is 5. The Hall–Kier alpha value is -4.00. The predicted octanol–water partition coefficient (Wildman–Crippen LogP) is 4.37. The highest BCUT2D eigenvalue weighted by atomic mass is 19.1. The zero-order valence-electron chi connectivity index (χ0n) is 17.8. The molecule has 0 unspecified atom stereocenters. The van der Waals surface area contributed by atoms with E-state index >= 15 is 0 Å². The van der Waals surface area contributed by atoms with E-state index in [1.54, 1.807) is 24.3 Å². The largest absolute Gasteiger partial charge is 0.483 e. The molecule has 168 valence electrons. The van der Waals surface area contributed by atoms with E-state index in [2.05, 4.69) is 5.32 Å². The van der Waals surface area contributed by atoms with Crippen molar-refractivity contribution in [1.29, 1.82) is 0 Å². The molecule has 0 radical (unpaired) electrons. The molecule has 3 aromatic rings. The monoisotopic (exact) mass is 447 g/mol. The first kappa shape index (κ1) is 22.2. The van der Waals surface area contributed by atoms with Crippen LogP contribution >= 0.6 is 0 Å². The Kier molecular flexibility index (Phi) is 6.78. The molecule has 0 saturated heterocycles. The molecule has 1 N–H and O–H groups in total. The summed E-state index contributed by atoms with van der Waals surface area (Å²) in [4.78, 5) is 37.2. The van der Waals surface area contributed by atoms with Gasteiger partial charge in [0.05, 0.1) is 5.69 Å². The number of nitrogens with one attached hydrogen (secondary N) is 1. The first-order valence-electron chi connectivity index (χ1n) is 10.6. The maximum absolute atomic E-state index is 13.7. The molecule has 3 aromatic carbocycles. The number of hydrogen-bond donors (Lipinski definition) is 1. The molecule has 0 atom stereocenters. The number of halogens is 1. The van der Waals surface area contributed by atoms with Crippen LogP contribution in [0.5, 0.6) is 5.75 Å². The molecule has 0 fully saturated rings. The zero-order valence-corrected chi connectivity index (χ0v) is 17.8. The smallest absolute Gasteiger partial charge is 0.342 e. The normalized spacial score (nSPS) is 12.0. The van der Waals surface area contributed by atoms with Gasteiger partial charge in [-0.15, -0.1) is 0 Å². The van der Waals surface area contributed by atoms with Gasteiger partial charge in [-0.25, -0.2) is 9.18 Å². The summed E-state index contributed by atoms with van der Waals surface area (Å²) in [7, 11) is 0. The van der Waals surface area contributed by atoms with Crippen molar-refractivity contribution >= 4 is 23.3 Å². The molecule has 0 bridgehead atoms. The molecule has 0 aromatic heterocycles. The Morgan fingerprint density at radius 1 is 0.879 bits per heavy atom. The average molecular weight is 447 g/mol. The molecule has 6 nitrogen and oxygen atoms in total. The second-order valence-corrected chi connectivity index (χ2v) is 7.65. The fourth-order valence-corrected chi connectivity index (χ4v) is 3.69. The number of para-hydroxylation sites is 2. The minimum Gasteiger partial charge on any atom is -0.483 e. The summed E-state index contributed by atoms with van der Waals surface area (Å²) in [6, 6.07) is 17.6. The molecule has 1 aliphatic carbocycles. The third-order valence-electron chi connectivity index (χ3n) is 5.37. The quantitative estimate of drug-likeness (QED) is 0.410. The van der Waals surface area contributed by atoms with E-state index in [0.29, 0.717) is 5.56 Å². The van der Waals surface area contributed by atoms with Crippen LogP contribution < -0.4 is 10.1 Å². The van der Waals surface area contributed by atoms with Crippen molar-refractivity contribution in [2.24, 2.45) is 0 Å². The third-order valence-corrected chi connectivity index (χ3v) is 5.37. The maximum atomic E-state index is 13.7. The van der Waals surface area contributed by atoms with Crippen LogP contribution in [0, 0.1) is 5.82 Å². The second kappa shape index (κ2) is 10.1.